The first-order chi connectivity index (χ1) is 8.74. The second kappa shape index (κ2) is 5.58. The average Bonchev–Trinajstić information content (AvgIpc) is 2.81. The van der Waals surface area contributed by atoms with Gasteiger partial charge < -0.3 is 14.8 Å². The van der Waals surface area contributed by atoms with E-state index in [4.69, 9.17) is 9.47 Å². The molecule has 0 radical (unpaired) electrons. The molecule has 1 aliphatic rings. The molecule has 18 heavy (non-hydrogen) atoms. The van der Waals surface area contributed by atoms with Crippen LogP contribution in [-0.2, 0) is 4.79 Å². The molecular formula is C14H17NO3. The number of rotatable bonds is 4. The topological polar surface area (TPSA) is 47.6 Å². The molecule has 1 fully saturated rings. The number of methoxy groups -OCH3 is 2. The summed E-state index contributed by atoms with van der Waals surface area (Å²) in [5, 5.41) is 3.12. The van der Waals surface area contributed by atoms with Crippen molar-refractivity contribution in [3.8, 4) is 11.5 Å². The highest BCUT2D eigenvalue weighted by atomic mass is 16.5. The van der Waals surface area contributed by atoms with E-state index in [-0.39, 0.29) is 5.78 Å². The molecule has 1 saturated carbocycles. The van der Waals surface area contributed by atoms with Crippen molar-refractivity contribution >= 4 is 11.5 Å². The predicted octanol–water partition coefficient (Wildman–Crippen LogP) is 2.75. The number of Topliss-reactive ketones (excluding diaryl/α,β-unsaturated/α-hetero) is 1. The third-order valence-electron chi connectivity index (χ3n) is 3.02. The van der Waals surface area contributed by atoms with Crippen LogP contribution in [0.25, 0.3) is 0 Å². The van der Waals surface area contributed by atoms with Gasteiger partial charge in [-0.2, -0.15) is 0 Å². The first kappa shape index (κ1) is 12.5. The molecule has 0 aromatic heterocycles. The minimum atomic E-state index is 0.226. The number of anilines is 1. The van der Waals surface area contributed by atoms with Crippen LogP contribution in [0.2, 0.25) is 0 Å². The molecule has 0 amide bonds. The molecule has 0 atom stereocenters. The standard InChI is InChI=1S/C14H17NO3/c1-17-11-6-7-14(18-2)12(8-11)15-9-10-4-3-5-13(10)16/h6-9,15H,3-5H2,1-2H3. The maximum absolute atomic E-state index is 11.5. The zero-order valence-corrected chi connectivity index (χ0v) is 10.7. The number of carbonyl (C=O) groups excluding carboxylic acids is 1. The third kappa shape index (κ3) is 2.64. The van der Waals surface area contributed by atoms with Gasteiger partial charge in [0.25, 0.3) is 0 Å². The highest BCUT2D eigenvalue weighted by Crippen LogP contribution is 2.29. The van der Waals surface area contributed by atoms with Gasteiger partial charge in [-0.1, -0.05) is 0 Å². The monoisotopic (exact) mass is 247 g/mol. The number of hydrogen-bond donors (Lipinski definition) is 1. The van der Waals surface area contributed by atoms with Gasteiger partial charge in [0, 0.05) is 24.3 Å². The van der Waals surface area contributed by atoms with Gasteiger partial charge in [-0.25, -0.2) is 0 Å². The van der Waals surface area contributed by atoms with Crippen LogP contribution in [0.3, 0.4) is 0 Å². The number of carbonyl (C=O) groups is 1. The molecule has 1 N–H and O–H groups in total. The van der Waals surface area contributed by atoms with Gasteiger partial charge in [-0.15, -0.1) is 0 Å². The minimum absolute atomic E-state index is 0.226. The lowest BCUT2D eigenvalue weighted by Gasteiger charge is -2.10. The summed E-state index contributed by atoms with van der Waals surface area (Å²) in [6, 6.07) is 5.50. The van der Waals surface area contributed by atoms with Gasteiger partial charge in [-0.05, 0) is 25.0 Å². The number of hydrogen-bond acceptors (Lipinski definition) is 4. The van der Waals surface area contributed by atoms with Crippen LogP contribution in [0.15, 0.2) is 30.0 Å². The van der Waals surface area contributed by atoms with Crippen LogP contribution in [-0.4, -0.2) is 20.0 Å². The third-order valence-corrected chi connectivity index (χ3v) is 3.02. The molecule has 1 aromatic rings. The second-order valence-corrected chi connectivity index (χ2v) is 4.16. The maximum Gasteiger partial charge on any atom is 0.160 e. The summed E-state index contributed by atoms with van der Waals surface area (Å²) in [7, 11) is 3.23. The first-order valence-corrected chi connectivity index (χ1v) is 5.95. The van der Waals surface area contributed by atoms with Crippen LogP contribution >= 0.6 is 0 Å². The van der Waals surface area contributed by atoms with Crippen molar-refractivity contribution in [1.29, 1.82) is 0 Å². The van der Waals surface area contributed by atoms with Crippen molar-refractivity contribution in [2.45, 2.75) is 19.3 Å². The molecule has 0 aliphatic heterocycles. The Bertz CT molecular complexity index is 480. The number of nitrogens with one attached hydrogen (secondary N) is 1. The van der Waals surface area contributed by atoms with E-state index in [1.165, 1.54) is 0 Å². The normalized spacial score (nSPS) is 17.0. The summed E-state index contributed by atoms with van der Waals surface area (Å²) in [5.41, 5.74) is 1.64. The Morgan fingerprint density at radius 1 is 1.22 bits per heavy atom. The predicted molar refractivity (Wildman–Crippen MR) is 70.1 cm³/mol. The van der Waals surface area contributed by atoms with E-state index in [2.05, 4.69) is 5.32 Å². The van der Waals surface area contributed by atoms with Crippen molar-refractivity contribution in [3.63, 3.8) is 0 Å². The first-order valence-electron chi connectivity index (χ1n) is 5.95. The lowest BCUT2D eigenvalue weighted by atomic mass is 10.2. The molecule has 4 heteroatoms. The Morgan fingerprint density at radius 2 is 2.06 bits per heavy atom. The van der Waals surface area contributed by atoms with E-state index in [0.29, 0.717) is 6.42 Å². The Morgan fingerprint density at radius 3 is 2.67 bits per heavy atom. The molecular weight excluding hydrogens is 230 g/mol. The van der Waals surface area contributed by atoms with Crippen LogP contribution in [0.5, 0.6) is 11.5 Å². The SMILES string of the molecule is COc1ccc(OC)c(NC=C2CCCC2=O)c1. The maximum atomic E-state index is 11.5. The van der Waals surface area contributed by atoms with Crippen LogP contribution < -0.4 is 14.8 Å². The van der Waals surface area contributed by atoms with Gasteiger partial charge >= 0.3 is 0 Å². The Labute approximate surface area is 107 Å². The van der Waals surface area contributed by atoms with E-state index in [1.807, 2.05) is 18.2 Å². The van der Waals surface area contributed by atoms with Crippen molar-refractivity contribution in [2.75, 3.05) is 19.5 Å². The number of allylic oxidation sites excluding steroid dienone is 1. The average molecular weight is 247 g/mol. The summed E-state index contributed by atoms with van der Waals surface area (Å²) in [4.78, 5) is 11.5. The fraction of sp³-hybridized carbons (Fsp3) is 0.357. The minimum Gasteiger partial charge on any atom is -0.497 e. The Kier molecular flexibility index (Phi) is 3.87. The fourth-order valence-corrected chi connectivity index (χ4v) is 1.98. The number of benzene rings is 1. The summed E-state index contributed by atoms with van der Waals surface area (Å²) in [6.07, 6.45) is 4.22. The highest BCUT2D eigenvalue weighted by Gasteiger charge is 2.16. The van der Waals surface area contributed by atoms with Crippen LogP contribution in [0.4, 0.5) is 5.69 Å². The molecule has 1 aromatic carbocycles. The molecule has 0 saturated heterocycles. The van der Waals surface area contributed by atoms with Gasteiger partial charge in [0.15, 0.2) is 5.78 Å². The summed E-state index contributed by atoms with van der Waals surface area (Å²) >= 11 is 0. The van der Waals surface area contributed by atoms with Crippen molar-refractivity contribution in [3.05, 3.63) is 30.0 Å². The lowest BCUT2D eigenvalue weighted by molar-refractivity contribution is -0.114. The molecule has 1 aliphatic carbocycles. The van der Waals surface area contributed by atoms with E-state index >= 15 is 0 Å². The van der Waals surface area contributed by atoms with Gasteiger partial charge in [0.1, 0.15) is 11.5 Å². The number of ether oxygens (including phenoxy) is 2. The fourth-order valence-electron chi connectivity index (χ4n) is 1.98. The zero-order valence-electron chi connectivity index (χ0n) is 10.7. The Hall–Kier alpha value is -1.97. The second-order valence-electron chi connectivity index (χ2n) is 4.16. The molecule has 4 nitrogen and oxygen atoms in total. The van der Waals surface area contributed by atoms with Gasteiger partial charge in [-0.3, -0.25) is 4.79 Å². The van der Waals surface area contributed by atoms with Crippen LogP contribution in [0, 0.1) is 0 Å². The molecule has 0 heterocycles. The smallest absolute Gasteiger partial charge is 0.160 e. The summed E-state index contributed by atoms with van der Waals surface area (Å²) in [6.45, 7) is 0. The quantitative estimate of drug-likeness (QED) is 0.831. The van der Waals surface area contributed by atoms with E-state index < -0.39 is 0 Å². The molecule has 0 spiro atoms. The molecule has 2 rings (SSSR count). The largest absolute Gasteiger partial charge is 0.497 e. The number of ketones is 1. The zero-order chi connectivity index (χ0) is 13.0. The molecule has 0 bridgehead atoms. The lowest BCUT2D eigenvalue weighted by Crippen LogP contribution is -1.98. The molecule has 0 unspecified atom stereocenters. The van der Waals surface area contributed by atoms with Crippen molar-refractivity contribution in [1.82, 2.24) is 0 Å². The van der Waals surface area contributed by atoms with E-state index in [9.17, 15) is 4.79 Å². The van der Waals surface area contributed by atoms with Crippen molar-refractivity contribution < 1.29 is 14.3 Å². The van der Waals surface area contributed by atoms with Gasteiger partial charge in [0.2, 0.25) is 0 Å². The Balaban J connectivity index is 2.19. The van der Waals surface area contributed by atoms with Crippen molar-refractivity contribution in [2.24, 2.45) is 0 Å². The summed E-state index contributed by atoms with van der Waals surface area (Å²) in [5.74, 6) is 1.69. The molecule has 96 valence electrons. The van der Waals surface area contributed by atoms with Crippen LogP contribution in [0.1, 0.15) is 19.3 Å². The van der Waals surface area contributed by atoms with Gasteiger partial charge in [0.05, 0.1) is 19.9 Å². The van der Waals surface area contributed by atoms with E-state index in [1.54, 1.807) is 20.4 Å². The highest BCUT2D eigenvalue weighted by molar-refractivity contribution is 5.97. The summed E-state index contributed by atoms with van der Waals surface area (Å²) < 4.78 is 10.4. The van der Waals surface area contributed by atoms with E-state index in [0.717, 1.165) is 35.6 Å².